The van der Waals surface area contributed by atoms with E-state index >= 15 is 0 Å². The van der Waals surface area contributed by atoms with E-state index in [4.69, 9.17) is 11.6 Å². The van der Waals surface area contributed by atoms with Gasteiger partial charge >= 0.3 is 6.09 Å². The summed E-state index contributed by atoms with van der Waals surface area (Å²) in [4.78, 5) is 28.8. The smallest absolute Gasteiger partial charge is 0.409 e. The van der Waals surface area contributed by atoms with Gasteiger partial charge in [0.1, 0.15) is 6.54 Å². The fraction of sp³-hybridized carbons (Fsp3) is 0.400. The highest BCUT2D eigenvalue weighted by Gasteiger charge is 2.26. The quantitative estimate of drug-likeness (QED) is 0.777. The lowest BCUT2D eigenvalue weighted by Gasteiger charge is -2.35. The van der Waals surface area contributed by atoms with Gasteiger partial charge in [0.2, 0.25) is 5.91 Å². The summed E-state index contributed by atoms with van der Waals surface area (Å²) in [7, 11) is 2.83. The number of carbonyl (C=O) groups excluding carboxylic acids is 2. The van der Waals surface area contributed by atoms with Gasteiger partial charge in [-0.25, -0.2) is 4.79 Å². The van der Waals surface area contributed by atoms with Crippen LogP contribution in [0.3, 0.4) is 0 Å². The van der Waals surface area contributed by atoms with Crippen LogP contribution in [0.2, 0.25) is 5.02 Å². The van der Waals surface area contributed by atoms with Crippen LogP contribution in [-0.4, -0.2) is 55.6 Å². The number of ether oxygens (including phenoxy) is 1. The first-order valence-corrected chi connectivity index (χ1v) is 10.3. The Kier molecular flexibility index (Phi) is 6.93. The van der Waals surface area contributed by atoms with Gasteiger partial charge in [-0.05, 0) is 41.1 Å². The molecule has 0 bridgehead atoms. The molecule has 1 aliphatic heterocycles. The number of halogens is 1. The molecule has 3 rings (SSSR count). The van der Waals surface area contributed by atoms with Gasteiger partial charge in [0.05, 0.1) is 13.2 Å². The number of hydrogen-bond donors (Lipinski definition) is 1. The molecule has 1 N–H and O–H groups in total. The number of amides is 2. The van der Waals surface area contributed by atoms with Gasteiger partial charge in [-0.15, -0.1) is 11.3 Å². The van der Waals surface area contributed by atoms with Gasteiger partial charge in [-0.3, -0.25) is 9.69 Å². The first-order chi connectivity index (χ1) is 13.5. The van der Waals surface area contributed by atoms with Crippen molar-refractivity contribution in [3.63, 3.8) is 0 Å². The molecular formula is C20H24ClN3O3S. The van der Waals surface area contributed by atoms with Crippen LogP contribution in [0.15, 0.2) is 35.7 Å². The van der Waals surface area contributed by atoms with Crippen molar-refractivity contribution in [2.45, 2.75) is 19.0 Å². The maximum Gasteiger partial charge on any atom is 0.409 e. The third-order valence-corrected chi connectivity index (χ3v) is 6.17. The molecule has 1 aromatic carbocycles. The summed E-state index contributed by atoms with van der Waals surface area (Å²) in [5, 5.41) is 5.78. The lowest BCUT2D eigenvalue weighted by Crippen LogP contribution is -2.43. The highest BCUT2D eigenvalue weighted by Crippen LogP contribution is 2.30. The minimum absolute atomic E-state index is 0.0256. The number of hydrogen-bond acceptors (Lipinski definition) is 5. The van der Waals surface area contributed by atoms with E-state index in [1.54, 1.807) is 11.3 Å². The summed E-state index contributed by atoms with van der Waals surface area (Å²) in [5.41, 5.74) is 2.46. The highest BCUT2D eigenvalue weighted by atomic mass is 35.5. The molecule has 150 valence electrons. The van der Waals surface area contributed by atoms with Crippen molar-refractivity contribution >= 4 is 34.9 Å². The summed E-state index contributed by atoms with van der Waals surface area (Å²) in [6.45, 7) is 2.19. The summed E-state index contributed by atoms with van der Waals surface area (Å²) in [5.74, 6) is -0.222. The second-order valence-corrected chi connectivity index (χ2v) is 8.22. The van der Waals surface area contributed by atoms with Gasteiger partial charge in [0.25, 0.3) is 0 Å². The Morgan fingerprint density at radius 1 is 1.32 bits per heavy atom. The van der Waals surface area contributed by atoms with Crippen molar-refractivity contribution < 1.29 is 14.3 Å². The molecule has 0 saturated heterocycles. The number of nitrogens with zero attached hydrogens (tertiary/aromatic N) is 2. The Labute approximate surface area is 174 Å². The van der Waals surface area contributed by atoms with Gasteiger partial charge in [0.15, 0.2) is 0 Å². The molecule has 1 aliphatic rings. The van der Waals surface area contributed by atoms with Gasteiger partial charge in [-0.1, -0.05) is 23.7 Å². The van der Waals surface area contributed by atoms with Crippen molar-refractivity contribution in [1.82, 2.24) is 15.1 Å². The Morgan fingerprint density at radius 3 is 2.79 bits per heavy atom. The van der Waals surface area contributed by atoms with E-state index < -0.39 is 6.09 Å². The van der Waals surface area contributed by atoms with E-state index in [1.807, 2.05) is 24.3 Å². The molecule has 1 atom stereocenters. The van der Waals surface area contributed by atoms with Gasteiger partial charge < -0.3 is 15.0 Å². The van der Waals surface area contributed by atoms with Crippen molar-refractivity contribution in [2.24, 2.45) is 0 Å². The third kappa shape index (κ3) is 5.04. The van der Waals surface area contributed by atoms with Crippen LogP contribution in [-0.2, 0) is 22.5 Å². The minimum atomic E-state index is -0.537. The van der Waals surface area contributed by atoms with Crippen molar-refractivity contribution in [2.75, 3.05) is 33.8 Å². The Balaban J connectivity index is 1.69. The largest absolute Gasteiger partial charge is 0.453 e. The van der Waals surface area contributed by atoms with Crippen molar-refractivity contribution in [1.29, 1.82) is 0 Å². The number of likely N-dealkylation sites (N-methyl/N-ethyl adjacent to an activating group) is 1. The molecule has 6 nitrogen and oxygen atoms in total. The zero-order valence-electron chi connectivity index (χ0n) is 16.0. The lowest BCUT2D eigenvalue weighted by molar-refractivity contribution is -0.122. The normalized spacial score (nSPS) is 14.8. The zero-order valence-corrected chi connectivity index (χ0v) is 17.6. The second kappa shape index (κ2) is 9.41. The van der Waals surface area contributed by atoms with Crippen LogP contribution in [0.25, 0.3) is 0 Å². The molecule has 0 saturated carbocycles. The molecule has 2 heterocycles. The number of carbonyl (C=O) groups is 2. The third-order valence-electron chi connectivity index (χ3n) is 4.89. The fourth-order valence-corrected chi connectivity index (χ4v) is 4.40. The summed E-state index contributed by atoms with van der Waals surface area (Å²) >= 11 is 7.85. The Bertz CT molecular complexity index is 824. The number of thiophene rings is 1. The van der Waals surface area contributed by atoms with E-state index in [-0.39, 0.29) is 18.5 Å². The summed E-state index contributed by atoms with van der Waals surface area (Å²) in [6.07, 6.45) is 0.473. The van der Waals surface area contributed by atoms with E-state index in [9.17, 15) is 9.59 Å². The van der Waals surface area contributed by atoms with Crippen LogP contribution in [0, 0.1) is 0 Å². The minimum Gasteiger partial charge on any atom is -0.453 e. The molecule has 0 unspecified atom stereocenters. The van der Waals surface area contributed by atoms with Crippen LogP contribution in [0.5, 0.6) is 0 Å². The highest BCUT2D eigenvalue weighted by molar-refractivity contribution is 7.10. The van der Waals surface area contributed by atoms with E-state index in [2.05, 4.69) is 26.4 Å². The molecule has 0 spiro atoms. The van der Waals surface area contributed by atoms with Crippen LogP contribution in [0.4, 0.5) is 4.79 Å². The lowest BCUT2D eigenvalue weighted by atomic mass is 10.0. The van der Waals surface area contributed by atoms with Crippen LogP contribution in [0.1, 0.15) is 22.0 Å². The predicted molar refractivity (Wildman–Crippen MR) is 111 cm³/mol. The molecule has 0 fully saturated rings. The SMILES string of the molecule is COC(=O)N(C)CC(=O)NC[C@@H](c1ccc(Cl)cc1)N1CCc2sccc2C1. The van der Waals surface area contributed by atoms with E-state index in [0.29, 0.717) is 11.6 Å². The molecule has 2 amide bonds. The molecule has 1 aromatic heterocycles. The van der Waals surface area contributed by atoms with Crippen LogP contribution < -0.4 is 5.32 Å². The van der Waals surface area contributed by atoms with Crippen LogP contribution >= 0.6 is 22.9 Å². The number of rotatable bonds is 6. The predicted octanol–water partition coefficient (Wildman–Crippen LogP) is 3.32. The number of nitrogens with one attached hydrogen (secondary N) is 1. The Hall–Kier alpha value is -2.09. The number of methoxy groups -OCH3 is 1. The molecule has 8 heteroatoms. The second-order valence-electron chi connectivity index (χ2n) is 6.79. The number of benzene rings is 1. The summed E-state index contributed by atoms with van der Waals surface area (Å²) < 4.78 is 4.63. The molecule has 0 radical (unpaired) electrons. The first-order valence-electron chi connectivity index (χ1n) is 9.08. The average Bonchev–Trinajstić information content (AvgIpc) is 3.16. The first kappa shape index (κ1) is 20.6. The molecular weight excluding hydrogens is 398 g/mol. The van der Waals surface area contributed by atoms with Gasteiger partial charge in [-0.2, -0.15) is 0 Å². The standard InChI is InChI=1S/C20H24ClN3O3S/c1-23(20(26)27-2)13-19(25)22-11-17(14-3-5-16(21)6-4-14)24-9-7-18-15(12-24)8-10-28-18/h3-6,8,10,17H,7,9,11-13H2,1-2H3,(H,22,25)/t17-/m0/s1. The van der Waals surface area contributed by atoms with E-state index in [0.717, 1.165) is 25.1 Å². The van der Waals surface area contributed by atoms with Crippen molar-refractivity contribution in [3.05, 3.63) is 56.7 Å². The topological polar surface area (TPSA) is 61.9 Å². The summed E-state index contributed by atoms with van der Waals surface area (Å²) in [6, 6.07) is 9.95. The maximum absolute atomic E-state index is 12.3. The van der Waals surface area contributed by atoms with Gasteiger partial charge in [0, 0.05) is 36.6 Å². The number of fused-ring (bicyclic) bond motifs is 1. The molecule has 0 aliphatic carbocycles. The average molecular weight is 422 g/mol. The van der Waals surface area contributed by atoms with E-state index in [1.165, 1.54) is 29.5 Å². The maximum atomic E-state index is 12.3. The van der Waals surface area contributed by atoms with Crippen molar-refractivity contribution in [3.8, 4) is 0 Å². The molecule has 2 aromatic rings. The fourth-order valence-electron chi connectivity index (χ4n) is 3.38. The Morgan fingerprint density at radius 2 is 2.07 bits per heavy atom. The zero-order chi connectivity index (χ0) is 20.1. The molecule has 28 heavy (non-hydrogen) atoms. The monoisotopic (exact) mass is 421 g/mol.